The first-order chi connectivity index (χ1) is 14.5. The number of hydrogen-bond acceptors (Lipinski definition) is 3. The molecule has 1 unspecified atom stereocenters. The number of likely N-dealkylation sites (tertiary alicyclic amines) is 1. The molecule has 3 aromatic rings. The Morgan fingerprint density at radius 2 is 1.80 bits per heavy atom. The summed E-state index contributed by atoms with van der Waals surface area (Å²) in [6.45, 7) is 4.04. The van der Waals surface area contributed by atoms with Crippen molar-refractivity contribution in [1.82, 2.24) is 14.4 Å². The molecule has 0 radical (unpaired) electrons. The normalized spacial score (nSPS) is 14.9. The number of piperidine rings is 1. The highest BCUT2D eigenvalue weighted by Crippen LogP contribution is 2.23. The van der Waals surface area contributed by atoms with Gasteiger partial charge in [0.05, 0.1) is 11.3 Å². The summed E-state index contributed by atoms with van der Waals surface area (Å²) in [5.74, 6) is 6.25. The van der Waals surface area contributed by atoms with E-state index in [1.807, 2.05) is 43.5 Å². The van der Waals surface area contributed by atoms with E-state index in [0.717, 1.165) is 36.1 Å². The molecule has 30 heavy (non-hydrogen) atoms. The summed E-state index contributed by atoms with van der Waals surface area (Å²) in [7, 11) is 2.68. The third kappa shape index (κ3) is 4.22. The van der Waals surface area contributed by atoms with E-state index in [-0.39, 0.29) is 5.56 Å². The molecule has 1 aliphatic rings. The molecule has 1 fully saturated rings. The van der Waals surface area contributed by atoms with Crippen molar-refractivity contribution in [3.05, 3.63) is 81.9 Å². The van der Waals surface area contributed by atoms with E-state index < -0.39 is 0 Å². The van der Waals surface area contributed by atoms with Gasteiger partial charge in [0.1, 0.15) is 0 Å². The highest BCUT2D eigenvalue weighted by Gasteiger charge is 2.19. The van der Waals surface area contributed by atoms with Gasteiger partial charge in [-0.25, -0.2) is 4.68 Å². The maximum atomic E-state index is 13.0. The summed E-state index contributed by atoms with van der Waals surface area (Å²) in [5.41, 5.74) is 4.64. The number of nitrogen functional groups attached to an aromatic ring is 1. The van der Waals surface area contributed by atoms with Crippen LogP contribution in [0.25, 0.3) is 17.3 Å². The molecule has 0 amide bonds. The first-order valence-corrected chi connectivity index (χ1v) is 11.1. The van der Waals surface area contributed by atoms with Gasteiger partial charge in [-0.05, 0) is 48.7 Å². The van der Waals surface area contributed by atoms with Crippen molar-refractivity contribution in [2.24, 2.45) is 0 Å². The summed E-state index contributed by atoms with van der Waals surface area (Å²) >= 11 is 0. The van der Waals surface area contributed by atoms with Gasteiger partial charge in [0.2, 0.25) is 0 Å². The molecule has 0 saturated carbocycles. The SMILES string of the molecule is Cc1c(-c2cccc(P)c2)c(=O)n(N)n1/C=C(/Cc1ccccc1)N1CCCCC1. The average molecular weight is 420 g/mol. The Morgan fingerprint density at radius 3 is 2.50 bits per heavy atom. The van der Waals surface area contributed by atoms with E-state index in [4.69, 9.17) is 5.84 Å². The van der Waals surface area contributed by atoms with Crippen LogP contribution in [-0.4, -0.2) is 27.5 Å². The van der Waals surface area contributed by atoms with Gasteiger partial charge in [0, 0.05) is 31.4 Å². The van der Waals surface area contributed by atoms with Crippen LogP contribution in [0.15, 0.2) is 65.1 Å². The van der Waals surface area contributed by atoms with Crippen LogP contribution >= 0.6 is 9.24 Å². The number of nitrogens with two attached hydrogens (primary N) is 1. The standard InChI is InChI=1S/C24H29N4OP/c1-18-23(20-11-8-12-22(30)16-20)24(29)28(25)27(18)17-21(26-13-6-3-7-14-26)15-19-9-4-2-5-10-19/h2,4-5,8-12,16-17H,3,6-7,13-15,25,30H2,1H3/b21-17-. The predicted molar refractivity (Wildman–Crippen MR) is 128 cm³/mol. The summed E-state index contributed by atoms with van der Waals surface area (Å²) in [4.78, 5) is 16.7. The molecule has 1 aromatic heterocycles. The summed E-state index contributed by atoms with van der Waals surface area (Å²) in [6.07, 6.45) is 6.51. The molecule has 0 bridgehead atoms. The summed E-state index contributed by atoms with van der Waals surface area (Å²) < 4.78 is 1.81. The minimum Gasteiger partial charge on any atom is -0.373 e. The fourth-order valence-corrected chi connectivity index (χ4v) is 4.49. The number of nitrogens with zero attached hydrogens (tertiary/aromatic N) is 3. The van der Waals surface area contributed by atoms with Crippen LogP contribution in [0.2, 0.25) is 0 Å². The predicted octanol–water partition coefficient (Wildman–Crippen LogP) is 3.37. The molecule has 4 rings (SSSR count). The van der Waals surface area contributed by atoms with E-state index in [1.165, 1.54) is 35.3 Å². The summed E-state index contributed by atoms with van der Waals surface area (Å²) in [6, 6.07) is 18.4. The van der Waals surface area contributed by atoms with E-state index >= 15 is 0 Å². The minimum absolute atomic E-state index is 0.183. The van der Waals surface area contributed by atoms with E-state index in [9.17, 15) is 4.79 Å². The second-order valence-corrected chi connectivity index (χ2v) is 8.58. The molecule has 1 aliphatic heterocycles. The van der Waals surface area contributed by atoms with Gasteiger partial charge in [-0.2, -0.15) is 4.79 Å². The smallest absolute Gasteiger partial charge is 0.294 e. The lowest BCUT2D eigenvalue weighted by atomic mass is 10.1. The van der Waals surface area contributed by atoms with Crippen LogP contribution in [-0.2, 0) is 6.42 Å². The zero-order valence-corrected chi connectivity index (χ0v) is 18.6. The van der Waals surface area contributed by atoms with Crippen LogP contribution in [0.5, 0.6) is 0 Å². The largest absolute Gasteiger partial charge is 0.373 e. The number of hydrogen-bond donors (Lipinski definition) is 1. The molecular formula is C24H29N4OP. The number of aromatic nitrogens is 2. The monoisotopic (exact) mass is 420 g/mol. The van der Waals surface area contributed by atoms with Crippen LogP contribution in [0.3, 0.4) is 0 Å². The number of benzene rings is 2. The lowest BCUT2D eigenvalue weighted by Crippen LogP contribution is -2.32. The molecule has 156 valence electrons. The highest BCUT2D eigenvalue weighted by atomic mass is 31.0. The average Bonchev–Trinajstić information content (AvgIpc) is 2.97. The Bertz CT molecular complexity index is 1110. The second kappa shape index (κ2) is 8.93. The summed E-state index contributed by atoms with van der Waals surface area (Å²) in [5, 5.41) is 1.04. The van der Waals surface area contributed by atoms with E-state index in [2.05, 4.69) is 38.4 Å². The third-order valence-electron chi connectivity index (χ3n) is 5.80. The Labute approximate surface area is 180 Å². The molecule has 1 atom stereocenters. The quantitative estimate of drug-likeness (QED) is 0.509. The number of rotatable bonds is 5. The van der Waals surface area contributed by atoms with Crippen molar-refractivity contribution in [2.45, 2.75) is 32.6 Å². The van der Waals surface area contributed by atoms with Crippen LogP contribution < -0.4 is 16.7 Å². The van der Waals surface area contributed by atoms with Gasteiger partial charge in [-0.3, -0.25) is 4.79 Å². The number of allylic oxidation sites excluding steroid dienone is 1. The van der Waals surface area contributed by atoms with Gasteiger partial charge >= 0.3 is 0 Å². The van der Waals surface area contributed by atoms with Crippen molar-refractivity contribution in [3.8, 4) is 11.1 Å². The van der Waals surface area contributed by atoms with Crippen molar-refractivity contribution in [2.75, 3.05) is 18.9 Å². The Kier molecular flexibility index (Phi) is 6.10. The van der Waals surface area contributed by atoms with Crippen LogP contribution in [0, 0.1) is 6.92 Å². The maximum absolute atomic E-state index is 13.0. The lowest BCUT2D eigenvalue weighted by molar-refractivity contribution is 0.281. The lowest BCUT2D eigenvalue weighted by Gasteiger charge is -2.31. The fraction of sp³-hybridized carbons (Fsp3) is 0.292. The zero-order valence-electron chi connectivity index (χ0n) is 17.4. The van der Waals surface area contributed by atoms with Crippen LogP contribution in [0.1, 0.15) is 30.5 Å². The Hall–Kier alpha value is -2.78. The minimum atomic E-state index is -0.183. The van der Waals surface area contributed by atoms with Crippen molar-refractivity contribution in [1.29, 1.82) is 0 Å². The molecule has 2 aromatic carbocycles. The molecule has 0 aliphatic carbocycles. The fourth-order valence-electron chi connectivity index (χ4n) is 4.20. The molecule has 6 heteroatoms. The van der Waals surface area contributed by atoms with Gasteiger partial charge < -0.3 is 10.7 Å². The van der Waals surface area contributed by atoms with Gasteiger partial charge in [0.15, 0.2) is 0 Å². The molecule has 1 saturated heterocycles. The molecular weight excluding hydrogens is 391 g/mol. The molecule has 0 spiro atoms. The Balaban J connectivity index is 1.79. The second-order valence-electron chi connectivity index (χ2n) is 7.91. The van der Waals surface area contributed by atoms with Gasteiger partial charge in [0.25, 0.3) is 5.56 Å². The highest BCUT2D eigenvalue weighted by molar-refractivity contribution is 7.27. The van der Waals surface area contributed by atoms with E-state index in [1.54, 1.807) is 4.68 Å². The van der Waals surface area contributed by atoms with Crippen molar-refractivity contribution in [3.63, 3.8) is 0 Å². The first-order valence-electron chi connectivity index (χ1n) is 10.5. The topological polar surface area (TPSA) is 56.2 Å². The maximum Gasteiger partial charge on any atom is 0.294 e. The zero-order chi connectivity index (χ0) is 21.1. The molecule has 2 N–H and O–H groups in total. The van der Waals surface area contributed by atoms with Gasteiger partial charge in [-0.15, -0.1) is 9.24 Å². The van der Waals surface area contributed by atoms with Crippen LogP contribution in [0.4, 0.5) is 0 Å². The third-order valence-corrected chi connectivity index (χ3v) is 6.16. The van der Waals surface area contributed by atoms with Gasteiger partial charge in [-0.1, -0.05) is 48.5 Å². The van der Waals surface area contributed by atoms with E-state index in [0.29, 0.717) is 5.56 Å². The first kappa shape index (κ1) is 20.5. The Morgan fingerprint density at radius 1 is 1.07 bits per heavy atom. The molecule has 2 heterocycles. The van der Waals surface area contributed by atoms with Crippen molar-refractivity contribution >= 4 is 20.7 Å². The molecule has 5 nitrogen and oxygen atoms in total. The van der Waals surface area contributed by atoms with Crippen molar-refractivity contribution < 1.29 is 0 Å².